The van der Waals surface area contributed by atoms with E-state index in [-0.39, 0.29) is 41.6 Å². The van der Waals surface area contributed by atoms with Crippen LogP contribution in [0.5, 0.6) is 5.75 Å². The summed E-state index contributed by atoms with van der Waals surface area (Å²) in [5, 5.41) is 47.5. The van der Waals surface area contributed by atoms with Crippen molar-refractivity contribution in [1.29, 1.82) is 0 Å². The third kappa shape index (κ3) is 4.68. The molecule has 0 aliphatic heterocycles. The van der Waals surface area contributed by atoms with Crippen molar-refractivity contribution in [3.8, 4) is 5.75 Å². The topological polar surface area (TPSA) is 132 Å². The number of carbonyl (C=O) groups excluding carboxylic acids is 3. The first kappa shape index (κ1) is 33.6. The number of allylic oxidation sites excluding steroid dienone is 1. The number of aromatic hydroxyl groups is 1. The Morgan fingerprint density at radius 2 is 1.59 bits per heavy atom. The van der Waals surface area contributed by atoms with Crippen LogP contribution in [-0.4, -0.2) is 43.4 Å². The van der Waals surface area contributed by atoms with Crippen LogP contribution in [0.15, 0.2) is 47.2 Å². The molecule has 246 valence electrons. The highest BCUT2D eigenvalue weighted by Gasteiger charge is 2.72. The van der Waals surface area contributed by atoms with Crippen LogP contribution < -0.4 is 0 Å². The molecule has 46 heavy (non-hydrogen) atoms. The summed E-state index contributed by atoms with van der Waals surface area (Å²) >= 11 is 0. The molecule has 0 bridgehead atoms. The molecule has 1 fully saturated rings. The average Bonchev–Trinajstić information content (AvgIpc) is 2.95. The summed E-state index contributed by atoms with van der Waals surface area (Å²) in [4.78, 5) is 41.0. The van der Waals surface area contributed by atoms with E-state index < -0.39 is 56.8 Å². The van der Waals surface area contributed by atoms with Crippen LogP contribution in [0.3, 0.4) is 0 Å². The average molecular weight is 629 g/mol. The lowest BCUT2D eigenvalue weighted by Crippen LogP contribution is -2.69. The van der Waals surface area contributed by atoms with Crippen molar-refractivity contribution in [1.82, 2.24) is 0 Å². The predicted octanol–water partition coefficient (Wildman–Crippen LogP) is 7.05. The Balaban J connectivity index is 1.68. The van der Waals surface area contributed by atoms with Gasteiger partial charge in [-0.3, -0.25) is 14.4 Å². The van der Waals surface area contributed by atoms with Crippen LogP contribution in [-0.2, 0) is 40.1 Å². The Hall–Kier alpha value is -3.71. The minimum Gasteiger partial charge on any atom is -0.508 e. The van der Waals surface area contributed by atoms with Crippen molar-refractivity contribution >= 4 is 23.1 Å². The lowest BCUT2D eigenvalue weighted by atomic mass is 9.43. The molecule has 1 unspecified atom stereocenters. The van der Waals surface area contributed by atoms with E-state index in [1.165, 1.54) is 11.1 Å². The van der Waals surface area contributed by atoms with Gasteiger partial charge >= 0.3 is 0 Å². The summed E-state index contributed by atoms with van der Waals surface area (Å²) in [6.45, 7) is 14.5. The standard InChI is InChI=1S/C39H48O7/c1-9-23-13-10-11-14-24(23)15-12-16-25-17-26(20(2)3)27-18-37(7)19-38(8)30(21(4)5)33(42)28(22(6)40)35(44)39(38,46)36(45)31(37)34(43)29(27)32(25)41/h10-11,13-14,17,20-21,30,41,43-44,46H,9,12,15-16,18-19H2,1-8H3/t30?,37-,38-,39+/m1/s1. The molecule has 3 aliphatic carbocycles. The van der Waals surface area contributed by atoms with Gasteiger partial charge in [-0.1, -0.05) is 78.8 Å². The summed E-state index contributed by atoms with van der Waals surface area (Å²) < 4.78 is 0. The zero-order valence-corrected chi connectivity index (χ0v) is 28.4. The minimum absolute atomic E-state index is 0.0449. The molecule has 4 N–H and O–H groups in total. The molecule has 2 aromatic rings. The highest BCUT2D eigenvalue weighted by atomic mass is 16.3. The summed E-state index contributed by atoms with van der Waals surface area (Å²) in [6.07, 6.45) is 3.45. The van der Waals surface area contributed by atoms with E-state index in [4.69, 9.17) is 0 Å². The van der Waals surface area contributed by atoms with Gasteiger partial charge in [0.25, 0.3) is 0 Å². The van der Waals surface area contributed by atoms with Crippen LogP contribution in [0.1, 0.15) is 108 Å². The number of ketones is 3. The predicted molar refractivity (Wildman–Crippen MR) is 178 cm³/mol. The third-order valence-electron chi connectivity index (χ3n) is 11.1. The Morgan fingerprint density at radius 3 is 2.15 bits per heavy atom. The summed E-state index contributed by atoms with van der Waals surface area (Å²) in [6, 6.07) is 10.3. The molecular weight excluding hydrogens is 580 g/mol. The van der Waals surface area contributed by atoms with Crippen LogP contribution in [0, 0.1) is 22.7 Å². The number of fused-ring (bicyclic) bond motifs is 3. The van der Waals surface area contributed by atoms with E-state index >= 15 is 0 Å². The van der Waals surface area contributed by atoms with Gasteiger partial charge in [-0.15, -0.1) is 0 Å². The van der Waals surface area contributed by atoms with E-state index in [0.717, 1.165) is 37.3 Å². The Morgan fingerprint density at radius 1 is 0.978 bits per heavy atom. The number of carbonyl (C=O) groups is 3. The quantitative estimate of drug-likeness (QED) is 0.230. The van der Waals surface area contributed by atoms with Crippen LogP contribution in [0.4, 0.5) is 0 Å². The fourth-order valence-electron chi connectivity index (χ4n) is 9.19. The first-order valence-electron chi connectivity index (χ1n) is 16.6. The molecule has 0 saturated heterocycles. The second-order valence-corrected chi connectivity index (χ2v) is 14.9. The van der Waals surface area contributed by atoms with Crippen molar-refractivity contribution in [2.45, 2.75) is 105 Å². The fraction of sp³-hybridized carbons (Fsp3) is 0.513. The minimum atomic E-state index is -2.61. The number of aliphatic hydroxyl groups excluding tert-OH is 2. The lowest BCUT2D eigenvalue weighted by molar-refractivity contribution is -0.178. The van der Waals surface area contributed by atoms with Gasteiger partial charge in [0.2, 0.25) is 5.78 Å². The maximum absolute atomic E-state index is 14.6. The van der Waals surface area contributed by atoms with E-state index in [1.54, 1.807) is 20.8 Å². The fourth-order valence-corrected chi connectivity index (χ4v) is 9.19. The molecule has 0 heterocycles. The highest BCUT2D eigenvalue weighted by Crippen LogP contribution is 2.65. The lowest BCUT2D eigenvalue weighted by Gasteiger charge is -2.60. The summed E-state index contributed by atoms with van der Waals surface area (Å²) in [5.41, 5.74) is -0.659. The molecular formula is C39H48O7. The Kier molecular flexibility index (Phi) is 8.42. The third-order valence-corrected chi connectivity index (χ3v) is 11.1. The molecule has 7 nitrogen and oxygen atoms in total. The number of hydrogen-bond donors (Lipinski definition) is 4. The van der Waals surface area contributed by atoms with Gasteiger partial charge in [0, 0.05) is 22.3 Å². The van der Waals surface area contributed by atoms with Crippen LogP contribution in [0.2, 0.25) is 0 Å². The molecule has 3 aliphatic rings. The molecule has 0 amide bonds. The molecule has 4 atom stereocenters. The summed E-state index contributed by atoms with van der Waals surface area (Å²) in [5.74, 6) is -4.96. The number of phenols is 1. The molecule has 0 spiro atoms. The second kappa shape index (κ2) is 11.5. The maximum atomic E-state index is 14.6. The zero-order chi connectivity index (χ0) is 34.1. The molecule has 0 radical (unpaired) electrons. The molecule has 7 heteroatoms. The second-order valence-electron chi connectivity index (χ2n) is 14.9. The SMILES string of the molecule is CCc1ccccc1CCCc1cc(C(C)C)c2c(c1O)C(O)=C1C(=O)[C@@]3(O)C(O)=C(C(C)=O)C(=O)C(C(C)C)[C@@]3(C)C[C@@]1(C)C2. The Labute approximate surface area is 272 Å². The molecule has 2 aromatic carbocycles. The molecule has 5 rings (SSSR count). The largest absolute Gasteiger partial charge is 0.508 e. The molecule has 0 aromatic heterocycles. The monoisotopic (exact) mass is 628 g/mol. The van der Waals surface area contributed by atoms with Crippen molar-refractivity contribution in [3.05, 3.63) is 80.6 Å². The van der Waals surface area contributed by atoms with Crippen molar-refractivity contribution in [3.63, 3.8) is 0 Å². The first-order chi connectivity index (χ1) is 21.5. The van der Waals surface area contributed by atoms with Crippen molar-refractivity contribution < 1.29 is 34.8 Å². The highest BCUT2D eigenvalue weighted by molar-refractivity contribution is 6.24. The number of Topliss-reactive ketones (excluding diaryl/α,β-unsaturated/α-hetero) is 3. The van der Waals surface area contributed by atoms with Crippen LogP contribution >= 0.6 is 0 Å². The normalized spacial score (nSPS) is 27.7. The van der Waals surface area contributed by atoms with Gasteiger partial charge in [-0.05, 0) is 85.1 Å². The number of rotatable bonds is 8. The van der Waals surface area contributed by atoms with Gasteiger partial charge in [-0.2, -0.15) is 0 Å². The van der Waals surface area contributed by atoms with E-state index in [0.29, 0.717) is 12.0 Å². The number of hydrogen-bond acceptors (Lipinski definition) is 7. The smallest absolute Gasteiger partial charge is 0.203 e. The Bertz CT molecular complexity index is 1710. The summed E-state index contributed by atoms with van der Waals surface area (Å²) in [7, 11) is 0. The van der Waals surface area contributed by atoms with Crippen LogP contribution in [0.25, 0.3) is 5.76 Å². The van der Waals surface area contributed by atoms with Crippen molar-refractivity contribution in [2.75, 3.05) is 0 Å². The van der Waals surface area contributed by atoms with Gasteiger partial charge in [0.15, 0.2) is 17.2 Å². The van der Waals surface area contributed by atoms with Crippen molar-refractivity contribution in [2.24, 2.45) is 22.7 Å². The van der Waals surface area contributed by atoms with Gasteiger partial charge in [0.05, 0.1) is 5.56 Å². The van der Waals surface area contributed by atoms with E-state index in [9.17, 15) is 34.8 Å². The number of aliphatic hydroxyl groups is 3. The van der Waals surface area contributed by atoms with E-state index in [1.807, 2.05) is 25.1 Å². The zero-order valence-electron chi connectivity index (χ0n) is 28.4. The number of aryl methyl sites for hydroxylation is 3. The van der Waals surface area contributed by atoms with Gasteiger partial charge in [-0.25, -0.2) is 0 Å². The van der Waals surface area contributed by atoms with Gasteiger partial charge in [0.1, 0.15) is 22.8 Å². The van der Waals surface area contributed by atoms with Gasteiger partial charge < -0.3 is 20.4 Å². The number of phenolic OH excluding ortho intramolecular Hbond substituents is 1. The first-order valence-corrected chi connectivity index (χ1v) is 16.6. The van der Waals surface area contributed by atoms with E-state index in [2.05, 4.69) is 32.9 Å². The molecule has 1 saturated carbocycles. The maximum Gasteiger partial charge on any atom is 0.203 e. The number of benzene rings is 2.